The van der Waals surface area contributed by atoms with Crippen LogP contribution in [0.5, 0.6) is 0 Å². The first-order chi connectivity index (χ1) is 15.7. The summed E-state index contributed by atoms with van der Waals surface area (Å²) in [5.74, 6) is -0.0797. The average Bonchev–Trinajstić information content (AvgIpc) is 2.78. The van der Waals surface area contributed by atoms with Gasteiger partial charge < -0.3 is 19.7 Å². The number of nitrogens with one attached hydrogen (secondary N) is 2. The molecule has 2 aromatic rings. The molecule has 2 aromatic carbocycles. The van der Waals surface area contributed by atoms with E-state index < -0.39 is 17.8 Å². The molecule has 176 valence electrons. The fraction of sp³-hybridized carbons (Fsp3) is 0.400. The number of hydrogen-bond donors (Lipinski definition) is 2. The number of hydrogen-bond acceptors (Lipinski definition) is 5. The molecule has 0 radical (unpaired) electrons. The van der Waals surface area contributed by atoms with Crippen molar-refractivity contribution < 1.29 is 23.9 Å². The second-order valence-corrected chi connectivity index (χ2v) is 8.98. The SMILES string of the molecule is CC(C)(C)OC(=O)Nc1ccc(C(=O)N2CCC(NC(=O)OCc3ccccc3)CC2)cc1. The summed E-state index contributed by atoms with van der Waals surface area (Å²) in [6.07, 6.45) is 0.324. The van der Waals surface area contributed by atoms with Crippen LogP contribution in [-0.2, 0) is 16.1 Å². The highest BCUT2D eigenvalue weighted by molar-refractivity contribution is 5.95. The summed E-state index contributed by atoms with van der Waals surface area (Å²) in [6.45, 7) is 6.69. The number of alkyl carbamates (subject to hydrolysis) is 1. The van der Waals surface area contributed by atoms with Crippen molar-refractivity contribution in [2.45, 2.75) is 51.9 Å². The Balaban J connectivity index is 1.42. The molecular weight excluding hydrogens is 422 g/mol. The number of amides is 3. The third-order valence-corrected chi connectivity index (χ3v) is 5.09. The van der Waals surface area contributed by atoms with Gasteiger partial charge in [0.05, 0.1) is 0 Å². The van der Waals surface area contributed by atoms with Gasteiger partial charge in [0.25, 0.3) is 5.91 Å². The third-order valence-electron chi connectivity index (χ3n) is 5.09. The number of benzene rings is 2. The van der Waals surface area contributed by atoms with Crippen LogP contribution in [0.3, 0.4) is 0 Å². The van der Waals surface area contributed by atoms with Gasteiger partial charge in [0.1, 0.15) is 12.2 Å². The average molecular weight is 454 g/mol. The normalized spacial score (nSPS) is 14.3. The fourth-order valence-electron chi connectivity index (χ4n) is 3.46. The Bertz CT molecular complexity index is 946. The molecule has 3 amide bonds. The number of carbonyl (C=O) groups excluding carboxylic acids is 3. The van der Waals surface area contributed by atoms with Gasteiger partial charge in [-0.05, 0) is 63.4 Å². The highest BCUT2D eigenvalue weighted by atomic mass is 16.6. The molecule has 1 aliphatic heterocycles. The largest absolute Gasteiger partial charge is 0.445 e. The van der Waals surface area contributed by atoms with Crippen molar-refractivity contribution in [3.8, 4) is 0 Å². The van der Waals surface area contributed by atoms with Gasteiger partial charge in [0.15, 0.2) is 0 Å². The number of nitrogens with zero attached hydrogens (tertiary/aromatic N) is 1. The lowest BCUT2D eigenvalue weighted by Gasteiger charge is -2.32. The Kier molecular flexibility index (Phi) is 7.92. The summed E-state index contributed by atoms with van der Waals surface area (Å²) in [5.41, 5.74) is 1.44. The third kappa shape index (κ3) is 7.82. The standard InChI is InChI=1S/C25H31N3O5/c1-25(2,3)33-24(31)27-20-11-9-19(10-12-20)22(29)28-15-13-21(14-16-28)26-23(30)32-17-18-7-5-4-6-8-18/h4-12,21H,13-17H2,1-3H3,(H,26,30)(H,27,31). The van der Waals surface area contributed by atoms with Crippen molar-refractivity contribution >= 4 is 23.8 Å². The van der Waals surface area contributed by atoms with Gasteiger partial charge in [-0.3, -0.25) is 10.1 Å². The van der Waals surface area contributed by atoms with Gasteiger partial charge in [-0.1, -0.05) is 30.3 Å². The Morgan fingerprint density at radius 2 is 1.58 bits per heavy atom. The predicted octanol–water partition coefficient (Wildman–Crippen LogP) is 4.56. The van der Waals surface area contributed by atoms with Crippen LogP contribution in [0.1, 0.15) is 49.5 Å². The van der Waals surface area contributed by atoms with Gasteiger partial charge >= 0.3 is 12.2 Å². The summed E-state index contributed by atoms with van der Waals surface area (Å²) < 4.78 is 10.5. The van der Waals surface area contributed by atoms with E-state index >= 15 is 0 Å². The van der Waals surface area contributed by atoms with Crippen LogP contribution in [0, 0.1) is 0 Å². The minimum Gasteiger partial charge on any atom is -0.445 e. The molecule has 8 heteroatoms. The highest BCUT2D eigenvalue weighted by Gasteiger charge is 2.25. The van der Waals surface area contributed by atoms with Crippen LogP contribution in [0.2, 0.25) is 0 Å². The first-order valence-electron chi connectivity index (χ1n) is 11.1. The molecule has 33 heavy (non-hydrogen) atoms. The zero-order chi connectivity index (χ0) is 23.8. The molecule has 0 aliphatic carbocycles. The van der Waals surface area contributed by atoms with Crippen molar-refractivity contribution in [3.05, 3.63) is 65.7 Å². The molecule has 1 saturated heterocycles. The monoisotopic (exact) mass is 453 g/mol. The van der Waals surface area contributed by atoms with E-state index in [2.05, 4.69) is 10.6 Å². The van der Waals surface area contributed by atoms with E-state index in [0.29, 0.717) is 37.2 Å². The number of rotatable bonds is 5. The zero-order valence-corrected chi connectivity index (χ0v) is 19.3. The molecule has 8 nitrogen and oxygen atoms in total. The smallest absolute Gasteiger partial charge is 0.412 e. The molecule has 0 spiro atoms. The summed E-state index contributed by atoms with van der Waals surface area (Å²) >= 11 is 0. The van der Waals surface area contributed by atoms with E-state index in [1.807, 2.05) is 30.3 Å². The number of piperidine rings is 1. The molecule has 1 heterocycles. The van der Waals surface area contributed by atoms with Gasteiger partial charge in [-0.15, -0.1) is 0 Å². The molecule has 0 bridgehead atoms. The second kappa shape index (κ2) is 10.8. The molecule has 1 aliphatic rings. The van der Waals surface area contributed by atoms with Crippen molar-refractivity contribution in [1.82, 2.24) is 10.2 Å². The first-order valence-corrected chi connectivity index (χ1v) is 11.1. The lowest BCUT2D eigenvalue weighted by Crippen LogP contribution is -2.46. The van der Waals surface area contributed by atoms with Crippen LogP contribution < -0.4 is 10.6 Å². The summed E-state index contributed by atoms with van der Waals surface area (Å²) in [6, 6.07) is 16.2. The number of carbonyl (C=O) groups is 3. The van der Waals surface area contributed by atoms with Gasteiger partial charge in [-0.2, -0.15) is 0 Å². The van der Waals surface area contributed by atoms with Crippen molar-refractivity contribution in [3.63, 3.8) is 0 Å². The molecule has 0 aromatic heterocycles. The van der Waals surface area contributed by atoms with Crippen LogP contribution in [0.4, 0.5) is 15.3 Å². The molecule has 0 saturated carbocycles. The van der Waals surface area contributed by atoms with Gasteiger partial charge in [0.2, 0.25) is 0 Å². The minimum absolute atomic E-state index is 0.0299. The zero-order valence-electron chi connectivity index (χ0n) is 19.3. The van der Waals surface area contributed by atoms with Crippen LogP contribution in [0.25, 0.3) is 0 Å². The maximum absolute atomic E-state index is 12.8. The Morgan fingerprint density at radius 1 is 0.939 bits per heavy atom. The molecule has 3 rings (SSSR count). The Hall–Kier alpha value is -3.55. The molecule has 0 unspecified atom stereocenters. The van der Waals surface area contributed by atoms with Gasteiger partial charge in [0, 0.05) is 30.4 Å². The molecule has 0 atom stereocenters. The number of ether oxygens (including phenoxy) is 2. The van der Waals surface area contributed by atoms with Crippen LogP contribution in [0.15, 0.2) is 54.6 Å². The molecular formula is C25H31N3O5. The minimum atomic E-state index is -0.584. The Morgan fingerprint density at radius 3 is 2.18 bits per heavy atom. The quantitative estimate of drug-likeness (QED) is 0.692. The highest BCUT2D eigenvalue weighted by Crippen LogP contribution is 2.17. The number of anilines is 1. The van der Waals surface area contributed by atoms with E-state index in [9.17, 15) is 14.4 Å². The van der Waals surface area contributed by atoms with Crippen molar-refractivity contribution in [2.24, 2.45) is 0 Å². The Labute approximate surface area is 194 Å². The van der Waals surface area contributed by atoms with E-state index in [-0.39, 0.29) is 18.6 Å². The molecule has 2 N–H and O–H groups in total. The maximum Gasteiger partial charge on any atom is 0.412 e. The maximum atomic E-state index is 12.8. The lowest BCUT2D eigenvalue weighted by molar-refractivity contribution is 0.0634. The van der Waals surface area contributed by atoms with E-state index in [1.165, 1.54) is 0 Å². The van der Waals surface area contributed by atoms with Crippen molar-refractivity contribution in [2.75, 3.05) is 18.4 Å². The fourth-order valence-corrected chi connectivity index (χ4v) is 3.46. The summed E-state index contributed by atoms with van der Waals surface area (Å²) in [7, 11) is 0. The topological polar surface area (TPSA) is 97.0 Å². The van der Waals surface area contributed by atoms with Crippen LogP contribution in [-0.4, -0.2) is 47.7 Å². The number of likely N-dealkylation sites (tertiary alicyclic amines) is 1. The summed E-state index contributed by atoms with van der Waals surface area (Å²) in [5, 5.41) is 5.53. The predicted molar refractivity (Wildman–Crippen MR) is 125 cm³/mol. The van der Waals surface area contributed by atoms with E-state index in [1.54, 1.807) is 49.9 Å². The van der Waals surface area contributed by atoms with E-state index in [4.69, 9.17) is 9.47 Å². The molecule has 1 fully saturated rings. The first kappa shape index (κ1) is 24.1. The second-order valence-electron chi connectivity index (χ2n) is 8.98. The van der Waals surface area contributed by atoms with E-state index in [0.717, 1.165) is 5.56 Å². The summed E-state index contributed by atoms with van der Waals surface area (Å²) in [4.78, 5) is 38.5. The van der Waals surface area contributed by atoms with Crippen LogP contribution >= 0.6 is 0 Å². The lowest BCUT2D eigenvalue weighted by atomic mass is 10.0. The van der Waals surface area contributed by atoms with Crippen molar-refractivity contribution in [1.29, 1.82) is 0 Å². The van der Waals surface area contributed by atoms with Gasteiger partial charge in [-0.25, -0.2) is 9.59 Å².